The smallest absolute Gasteiger partial charge is 0.222 e. The van der Waals surface area contributed by atoms with Gasteiger partial charge >= 0.3 is 0 Å². The number of amides is 1. The predicted molar refractivity (Wildman–Crippen MR) is 74.6 cm³/mol. The van der Waals surface area contributed by atoms with Gasteiger partial charge in [-0.25, -0.2) is 4.98 Å². The summed E-state index contributed by atoms with van der Waals surface area (Å²) < 4.78 is 2.06. The van der Waals surface area contributed by atoms with Gasteiger partial charge in [-0.2, -0.15) is 0 Å². The molecule has 0 aliphatic heterocycles. The van der Waals surface area contributed by atoms with Crippen molar-refractivity contribution in [3.63, 3.8) is 0 Å². The van der Waals surface area contributed by atoms with Gasteiger partial charge in [-0.3, -0.25) is 4.79 Å². The zero-order chi connectivity index (χ0) is 13.8. The first-order valence-electron chi connectivity index (χ1n) is 7.11. The summed E-state index contributed by atoms with van der Waals surface area (Å²) in [4.78, 5) is 15.9. The number of rotatable bonds is 7. The minimum Gasteiger partial charge on any atom is -0.353 e. The highest BCUT2D eigenvalue weighted by atomic mass is 16.1. The van der Waals surface area contributed by atoms with Crippen molar-refractivity contribution in [1.29, 1.82) is 0 Å². The first-order chi connectivity index (χ1) is 9.11. The molecule has 1 aromatic heterocycles. The van der Waals surface area contributed by atoms with Gasteiger partial charge in [0.15, 0.2) is 0 Å². The summed E-state index contributed by atoms with van der Waals surface area (Å²) in [5.41, 5.74) is 6.98. The normalized spacial score (nSPS) is 16.6. The predicted octanol–water partition coefficient (Wildman–Crippen LogP) is 1.25. The van der Waals surface area contributed by atoms with E-state index in [0.29, 0.717) is 37.4 Å². The molecule has 5 nitrogen and oxygen atoms in total. The van der Waals surface area contributed by atoms with Gasteiger partial charge in [0.25, 0.3) is 0 Å². The summed E-state index contributed by atoms with van der Waals surface area (Å²) in [7, 11) is 0. The number of nitrogens with zero attached hydrogens (tertiary/aromatic N) is 2. The third-order valence-corrected chi connectivity index (χ3v) is 3.71. The lowest BCUT2D eigenvalue weighted by atomic mass is 9.93. The second kappa shape index (κ2) is 6.19. The van der Waals surface area contributed by atoms with Crippen molar-refractivity contribution in [1.82, 2.24) is 14.9 Å². The minimum atomic E-state index is 0.135. The zero-order valence-electron chi connectivity index (χ0n) is 11.8. The van der Waals surface area contributed by atoms with Gasteiger partial charge in [0.05, 0.1) is 6.33 Å². The Bertz CT molecular complexity index is 423. The van der Waals surface area contributed by atoms with E-state index in [1.165, 1.54) is 0 Å². The highest BCUT2D eigenvalue weighted by Gasteiger charge is 2.23. The molecule has 0 radical (unpaired) electrons. The molecule has 19 heavy (non-hydrogen) atoms. The molecule has 1 atom stereocenters. The Labute approximate surface area is 114 Å². The summed E-state index contributed by atoms with van der Waals surface area (Å²) in [5, 5.41) is 3.00. The standard InChI is InChI=1S/C14H24N4O/c1-10(2)12(7-15)13-8-16-9-18(13)6-5-14(19)17-11-3-4-11/h8-12H,3-7,15H2,1-2H3,(H,17,19). The van der Waals surface area contributed by atoms with Crippen LogP contribution in [0.2, 0.25) is 0 Å². The van der Waals surface area contributed by atoms with Crippen molar-refractivity contribution in [3.8, 4) is 0 Å². The largest absolute Gasteiger partial charge is 0.353 e. The molecule has 0 saturated heterocycles. The fourth-order valence-electron chi connectivity index (χ4n) is 2.31. The fourth-order valence-corrected chi connectivity index (χ4v) is 2.31. The van der Waals surface area contributed by atoms with E-state index in [-0.39, 0.29) is 5.91 Å². The van der Waals surface area contributed by atoms with Crippen molar-refractivity contribution < 1.29 is 4.79 Å². The van der Waals surface area contributed by atoms with Crippen molar-refractivity contribution in [2.24, 2.45) is 11.7 Å². The summed E-state index contributed by atoms with van der Waals surface area (Å²) in [6.45, 7) is 5.61. The molecular weight excluding hydrogens is 240 g/mol. The Balaban J connectivity index is 1.92. The lowest BCUT2D eigenvalue weighted by Crippen LogP contribution is -2.27. The van der Waals surface area contributed by atoms with Crippen molar-refractivity contribution >= 4 is 5.91 Å². The fraction of sp³-hybridized carbons (Fsp3) is 0.714. The average Bonchev–Trinajstić information content (AvgIpc) is 3.05. The molecule has 1 fully saturated rings. The van der Waals surface area contributed by atoms with E-state index in [0.717, 1.165) is 18.5 Å². The lowest BCUT2D eigenvalue weighted by molar-refractivity contribution is -0.121. The van der Waals surface area contributed by atoms with Gasteiger partial charge < -0.3 is 15.6 Å². The number of aromatic nitrogens is 2. The SMILES string of the molecule is CC(C)C(CN)c1cncn1CCC(=O)NC1CC1. The van der Waals surface area contributed by atoms with Crippen LogP contribution in [0, 0.1) is 5.92 Å². The Kier molecular flexibility index (Phi) is 4.58. The molecule has 1 unspecified atom stereocenters. The van der Waals surface area contributed by atoms with Crippen LogP contribution in [0.1, 0.15) is 44.7 Å². The Morgan fingerprint density at radius 2 is 2.32 bits per heavy atom. The second-order valence-electron chi connectivity index (χ2n) is 5.69. The average molecular weight is 264 g/mol. The first-order valence-corrected chi connectivity index (χ1v) is 7.11. The molecule has 1 aliphatic carbocycles. The van der Waals surface area contributed by atoms with Gasteiger partial charge in [0, 0.05) is 43.4 Å². The van der Waals surface area contributed by atoms with Gasteiger partial charge in [-0.1, -0.05) is 13.8 Å². The van der Waals surface area contributed by atoms with Crippen molar-refractivity contribution in [3.05, 3.63) is 18.2 Å². The summed E-state index contributed by atoms with van der Waals surface area (Å²) in [5.74, 6) is 0.908. The first kappa shape index (κ1) is 14.1. The van der Waals surface area contributed by atoms with Crippen LogP contribution in [-0.2, 0) is 11.3 Å². The van der Waals surface area contributed by atoms with Crippen LogP contribution in [0.4, 0.5) is 0 Å². The highest BCUT2D eigenvalue weighted by molar-refractivity contribution is 5.76. The molecule has 0 aromatic carbocycles. The molecule has 1 aromatic rings. The van der Waals surface area contributed by atoms with Gasteiger partial charge in [-0.15, -0.1) is 0 Å². The van der Waals surface area contributed by atoms with Crippen LogP contribution < -0.4 is 11.1 Å². The second-order valence-corrected chi connectivity index (χ2v) is 5.69. The van der Waals surface area contributed by atoms with Gasteiger partial charge in [0.1, 0.15) is 0 Å². The molecule has 0 spiro atoms. The van der Waals surface area contributed by atoms with Crippen molar-refractivity contribution in [2.75, 3.05) is 6.54 Å². The van der Waals surface area contributed by atoms with Crippen LogP contribution in [0.15, 0.2) is 12.5 Å². The molecule has 0 bridgehead atoms. The summed E-state index contributed by atoms with van der Waals surface area (Å²) in [6.07, 6.45) is 6.44. The Hall–Kier alpha value is -1.36. The Morgan fingerprint density at radius 3 is 2.89 bits per heavy atom. The van der Waals surface area contributed by atoms with E-state index >= 15 is 0 Å². The summed E-state index contributed by atoms with van der Waals surface area (Å²) in [6, 6.07) is 0.433. The maximum absolute atomic E-state index is 11.7. The molecular formula is C14H24N4O. The van der Waals surface area contributed by atoms with E-state index < -0.39 is 0 Å². The van der Waals surface area contributed by atoms with E-state index in [9.17, 15) is 4.79 Å². The number of hydrogen-bond donors (Lipinski definition) is 2. The monoisotopic (exact) mass is 264 g/mol. The van der Waals surface area contributed by atoms with Crippen LogP contribution in [0.3, 0.4) is 0 Å². The van der Waals surface area contributed by atoms with Gasteiger partial charge in [0.2, 0.25) is 5.91 Å². The number of imidazole rings is 1. The van der Waals surface area contributed by atoms with E-state index in [4.69, 9.17) is 5.73 Å². The lowest BCUT2D eigenvalue weighted by Gasteiger charge is -2.20. The molecule has 1 amide bonds. The van der Waals surface area contributed by atoms with E-state index in [2.05, 4.69) is 28.7 Å². The Morgan fingerprint density at radius 1 is 1.58 bits per heavy atom. The molecule has 1 saturated carbocycles. The molecule has 106 valence electrons. The van der Waals surface area contributed by atoms with Crippen LogP contribution in [0.5, 0.6) is 0 Å². The van der Waals surface area contributed by atoms with Crippen molar-refractivity contribution in [2.45, 2.75) is 51.6 Å². The minimum absolute atomic E-state index is 0.135. The van der Waals surface area contributed by atoms with Gasteiger partial charge in [-0.05, 0) is 18.8 Å². The summed E-state index contributed by atoms with van der Waals surface area (Å²) >= 11 is 0. The van der Waals surface area contributed by atoms with E-state index in [1.54, 1.807) is 6.33 Å². The molecule has 1 aliphatic rings. The quantitative estimate of drug-likeness (QED) is 0.778. The third kappa shape index (κ3) is 3.80. The number of carbonyl (C=O) groups is 1. The number of aryl methyl sites for hydroxylation is 1. The topological polar surface area (TPSA) is 72.9 Å². The molecule has 1 heterocycles. The highest BCUT2D eigenvalue weighted by Crippen LogP contribution is 2.23. The molecule has 2 rings (SSSR count). The van der Waals surface area contributed by atoms with Crippen LogP contribution >= 0.6 is 0 Å². The zero-order valence-corrected chi connectivity index (χ0v) is 11.8. The van der Waals surface area contributed by atoms with Crippen LogP contribution in [0.25, 0.3) is 0 Å². The maximum atomic E-state index is 11.7. The molecule has 3 N–H and O–H groups in total. The number of hydrogen-bond acceptors (Lipinski definition) is 3. The molecule has 5 heteroatoms. The third-order valence-electron chi connectivity index (χ3n) is 3.71. The number of nitrogens with one attached hydrogen (secondary N) is 1. The maximum Gasteiger partial charge on any atom is 0.222 e. The number of carbonyl (C=O) groups excluding carboxylic acids is 1. The van der Waals surface area contributed by atoms with Crippen LogP contribution in [-0.4, -0.2) is 28.0 Å². The van der Waals surface area contributed by atoms with E-state index in [1.807, 2.05) is 6.20 Å². The number of nitrogens with two attached hydrogens (primary N) is 1.